The Bertz CT molecular complexity index is 341. The van der Waals surface area contributed by atoms with E-state index >= 15 is 0 Å². The molecular weight excluding hydrogens is 167 g/mol. The summed E-state index contributed by atoms with van der Waals surface area (Å²) in [7, 11) is 0. The van der Waals surface area contributed by atoms with Crippen molar-refractivity contribution < 1.29 is 4.39 Å². The first-order valence-electron chi connectivity index (χ1n) is 4.06. The molecule has 0 amide bonds. The highest BCUT2D eigenvalue weighted by Crippen LogP contribution is 2.16. The number of rotatable bonds is 2. The number of hydrogen-bond donors (Lipinski definition) is 1. The summed E-state index contributed by atoms with van der Waals surface area (Å²) >= 11 is 0. The molecular formula is C10H11FN2. The van der Waals surface area contributed by atoms with E-state index in [4.69, 9.17) is 5.26 Å². The van der Waals surface area contributed by atoms with Gasteiger partial charge in [-0.2, -0.15) is 5.26 Å². The maximum atomic E-state index is 12.7. The molecule has 0 fully saturated rings. The lowest BCUT2D eigenvalue weighted by Gasteiger charge is -2.10. The molecule has 1 atom stereocenters. The normalized spacial score (nSPS) is 11.8. The van der Waals surface area contributed by atoms with Crippen LogP contribution < -0.4 is 5.32 Å². The minimum atomic E-state index is -0.260. The number of hydrogen-bond acceptors (Lipinski definition) is 2. The Hall–Kier alpha value is -1.56. The van der Waals surface area contributed by atoms with E-state index in [0.29, 0.717) is 0 Å². The van der Waals surface area contributed by atoms with Gasteiger partial charge in [0.25, 0.3) is 0 Å². The molecule has 0 aromatic heterocycles. The zero-order valence-corrected chi connectivity index (χ0v) is 7.63. The summed E-state index contributed by atoms with van der Waals surface area (Å²) in [6.07, 6.45) is 0. The first kappa shape index (κ1) is 9.53. The van der Waals surface area contributed by atoms with Crippen molar-refractivity contribution in [1.82, 2.24) is 0 Å². The minimum Gasteiger partial charge on any atom is -0.370 e. The van der Waals surface area contributed by atoms with Crippen LogP contribution >= 0.6 is 0 Å². The fraction of sp³-hybridized carbons (Fsp3) is 0.300. The van der Waals surface area contributed by atoms with Crippen LogP contribution in [0, 0.1) is 24.1 Å². The highest BCUT2D eigenvalue weighted by Gasteiger charge is 2.02. The van der Waals surface area contributed by atoms with E-state index in [2.05, 4.69) is 11.4 Å². The molecule has 1 aromatic rings. The van der Waals surface area contributed by atoms with E-state index in [-0.39, 0.29) is 11.9 Å². The molecule has 68 valence electrons. The molecule has 2 nitrogen and oxygen atoms in total. The molecule has 0 aliphatic rings. The number of halogens is 1. The third kappa shape index (κ3) is 2.45. The fourth-order valence-corrected chi connectivity index (χ4v) is 1.05. The van der Waals surface area contributed by atoms with Gasteiger partial charge in [-0.3, -0.25) is 0 Å². The number of nitrogens with one attached hydrogen (secondary N) is 1. The molecule has 13 heavy (non-hydrogen) atoms. The molecule has 1 N–H and O–H groups in total. The average molecular weight is 178 g/mol. The predicted octanol–water partition coefficient (Wildman–Crippen LogP) is 2.46. The molecule has 3 heteroatoms. The SMILES string of the molecule is Cc1cc(F)ccc1NC(C)C#N. The van der Waals surface area contributed by atoms with Crippen molar-refractivity contribution >= 4 is 5.69 Å². The van der Waals surface area contributed by atoms with Crippen LogP contribution in [0.3, 0.4) is 0 Å². The summed E-state index contributed by atoms with van der Waals surface area (Å²) in [6, 6.07) is 6.24. The van der Waals surface area contributed by atoms with Crippen LogP contribution in [-0.4, -0.2) is 6.04 Å². The monoisotopic (exact) mass is 178 g/mol. The van der Waals surface area contributed by atoms with Gasteiger partial charge in [0.1, 0.15) is 11.9 Å². The van der Waals surface area contributed by atoms with Crippen LogP contribution in [0.4, 0.5) is 10.1 Å². The third-order valence-electron chi connectivity index (χ3n) is 1.75. The molecule has 1 rings (SSSR count). The lowest BCUT2D eigenvalue weighted by Crippen LogP contribution is -2.12. The van der Waals surface area contributed by atoms with Gasteiger partial charge in [-0.05, 0) is 37.6 Å². The van der Waals surface area contributed by atoms with Gasteiger partial charge in [-0.15, -0.1) is 0 Å². The van der Waals surface area contributed by atoms with Crippen LogP contribution in [0.1, 0.15) is 12.5 Å². The maximum Gasteiger partial charge on any atom is 0.123 e. The van der Waals surface area contributed by atoms with E-state index in [1.807, 2.05) is 0 Å². The van der Waals surface area contributed by atoms with Crippen molar-refractivity contribution in [3.05, 3.63) is 29.6 Å². The highest BCUT2D eigenvalue weighted by molar-refractivity contribution is 5.51. The fourth-order valence-electron chi connectivity index (χ4n) is 1.05. The van der Waals surface area contributed by atoms with Crippen molar-refractivity contribution in [2.75, 3.05) is 5.32 Å². The van der Waals surface area contributed by atoms with E-state index in [1.165, 1.54) is 12.1 Å². The number of nitrogens with zero attached hydrogens (tertiary/aromatic N) is 1. The number of nitriles is 1. The smallest absolute Gasteiger partial charge is 0.123 e. The van der Waals surface area contributed by atoms with Crippen molar-refractivity contribution in [1.29, 1.82) is 5.26 Å². The molecule has 0 bridgehead atoms. The Morgan fingerprint density at radius 2 is 2.23 bits per heavy atom. The molecule has 0 saturated carbocycles. The molecule has 0 spiro atoms. The summed E-state index contributed by atoms with van der Waals surface area (Å²) in [4.78, 5) is 0. The summed E-state index contributed by atoms with van der Waals surface area (Å²) < 4.78 is 12.7. The minimum absolute atomic E-state index is 0.257. The van der Waals surface area contributed by atoms with Crippen LogP contribution in [0.25, 0.3) is 0 Å². The molecule has 0 aliphatic heterocycles. The Morgan fingerprint density at radius 1 is 1.54 bits per heavy atom. The van der Waals surface area contributed by atoms with Crippen LogP contribution in [-0.2, 0) is 0 Å². The molecule has 0 radical (unpaired) electrons. The summed E-state index contributed by atoms with van der Waals surface area (Å²) in [5, 5.41) is 11.5. The summed E-state index contributed by atoms with van der Waals surface area (Å²) in [6.45, 7) is 3.55. The second-order valence-corrected chi connectivity index (χ2v) is 2.95. The molecule has 0 heterocycles. The zero-order chi connectivity index (χ0) is 9.84. The van der Waals surface area contributed by atoms with Gasteiger partial charge in [0.05, 0.1) is 6.07 Å². The van der Waals surface area contributed by atoms with E-state index < -0.39 is 0 Å². The van der Waals surface area contributed by atoms with Gasteiger partial charge in [-0.25, -0.2) is 4.39 Å². The van der Waals surface area contributed by atoms with Crippen LogP contribution in [0.2, 0.25) is 0 Å². The molecule has 1 aromatic carbocycles. The molecule has 0 saturated heterocycles. The standard InChI is InChI=1S/C10H11FN2/c1-7-5-9(11)3-4-10(7)13-8(2)6-12/h3-5,8,13H,1-2H3. The number of anilines is 1. The number of benzene rings is 1. The van der Waals surface area contributed by atoms with Gasteiger partial charge in [0.2, 0.25) is 0 Å². The first-order valence-corrected chi connectivity index (χ1v) is 4.06. The van der Waals surface area contributed by atoms with Crippen molar-refractivity contribution in [3.8, 4) is 6.07 Å². The lowest BCUT2D eigenvalue weighted by molar-refractivity contribution is 0.627. The van der Waals surface area contributed by atoms with E-state index in [0.717, 1.165) is 11.3 Å². The topological polar surface area (TPSA) is 35.8 Å². The Morgan fingerprint density at radius 3 is 2.77 bits per heavy atom. The van der Waals surface area contributed by atoms with Gasteiger partial charge in [0, 0.05) is 5.69 Å². The Kier molecular flexibility index (Phi) is 2.86. The summed E-state index contributed by atoms with van der Waals surface area (Å²) in [5.74, 6) is -0.257. The van der Waals surface area contributed by atoms with Crippen molar-refractivity contribution in [2.24, 2.45) is 0 Å². The highest BCUT2D eigenvalue weighted by atomic mass is 19.1. The van der Waals surface area contributed by atoms with Gasteiger partial charge in [-0.1, -0.05) is 0 Å². The van der Waals surface area contributed by atoms with Gasteiger partial charge >= 0.3 is 0 Å². The van der Waals surface area contributed by atoms with Crippen LogP contribution in [0.15, 0.2) is 18.2 Å². The van der Waals surface area contributed by atoms with Crippen molar-refractivity contribution in [3.63, 3.8) is 0 Å². The Balaban J connectivity index is 2.85. The lowest BCUT2D eigenvalue weighted by atomic mass is 10.2. The van der Waals surface area contributed by atoms with Crippen molar-refractivity contribution in [2.45, 2.75) is 19.9 Å². The maximum absolute atomic E-state index is 12.7. The summed E-state index contributed by atoms with van der Waals surface area (Å²) in [5.41, 5.74) is 1.61. The third-order valence-corrected chi connectivity index (χ3v) is 1.75. The first-order chi connectivity index (χ1) is 6.13. The predicted molar refractivity (Wildman–Crippen MR) is 49.8 cm³/mol. The second kappa shape index (κ2) is 3.90. The van der Waals surface area contributed by atoms with E-state index in [1.54, 1.807) is 19.9 Å². The number of aryl methyl sites for hydroxylation is 1. The second-order valence-electron chi connectivity index (χ2n) is 2.95. The van der Waals surface area contributed by atoms with Gasteiger partial charge in [0.15, 0.2) is 0 Å². The Labute approximate surface area is 77.0 Å². The molecule has 0 aliphatic carbocycles. The quantitative estimate of drug-likeness (QED) is 0.755. The van der Waals surface area contributed by atoms with Crippen LogP contribution in [0.5, 0.6) is 0 Å². The molecule has 1 unspecified atom stereocenters. The largest absolute Gasteiger partial charge is 0.370 e. The average Bonchev–Trinajstić information content (AvgIpc) is 2.09. The van der Waals surface area contributed by atoms with E-state index in [9.17, 15) is 4.39 Å². The van der Waals surface area contributed by atoms with Gasteiger partial charge < -0.3 is 5.32 Å². The zero-order valence-electron chi connectivity index (χ0n) is 7.63.